The van der Waals surface area contributed by atoms with Gasteiger partial charge in [-0.1, -0.05) is 17.7 Å². The van der Waals surface area contributed by atoms with E-state index in [2.05, 4.69) is 20.3 Å². The zero-order valence-electron chi connectivity index (χ0n) is 8.09. The van der Waals surface area contributed by atoms with Gasteiger partial charge in [0, 0.05) is 0 Å². The fraction of sp³-hybridized carbons (Fsp3) is 0. The Balaban J connectivity index is 2.34. The van der Waals surface area contributed by atoms with Crippen LogP contribution in [0.15, 0.2) is 18.2 Å². The number of halogens is 4. The molecule has 2 aromatic rings. The minimum atomic E-state index is -0.609. The van der Waals surface area contributed by atoms with E-state index in [1.54, 1.807) is 6.07 Å². The van der Waals surface area contributed by atoms with E-state index in [1.807, 2.05) is 0 Å². The van der Waals surface area contributed by atoms with Crippen LogP contribution >= 0.6 is 34.8 Å². The molecule has 0 amide bonds. The van der Waals surface area contributed by atoms with Crippen molar-refractivity contribution in [3.63, 3.8) is 0 Å². The minimum absolute atomic E-state index is 0.0127. The number of hydrogen-bond acceptors (Lipinski definition) is 4. The van der Waals surface area contributed by atoms with E-state index in [4.69, 9.17) is 34.8 Å². The first kappa shape index (κ1) is 12.3. The molecule has 1 aromatic carbocycles. The first-order valence-electron chi connectivity index (χ1n) is 4.34. The van der Waals surface area contributed by atoms with Crippen LogP contribution in [-0.2, 0) is 0 Å². The van der Waals surface area contributed by atoms with Gasteiger partial charge in [0.25, 0.3) is 0 Å². The van der Waals surface area contributed by atoms with E-state index in [0.29, 0.717) is 0 Å². The average Bonchev–Trinajstić information content (AvgIpc) is 2.23. The second kappa shape index (κ2) is 5.00. The molecule has 0 aliphatic rings. The molecule has 0 aliphatic heterocycles. The zero-order chi connectivity index (χ0) is 12.4. The summed E-state index contributed by atoms with van der Waals surface area (Å²) in [6, 6.07) is 4.49. The quantitative estimate of drug-likeness (QED) is 0.917. The van der Waals surface area contributed by atoms with E-state index >= 15 is 0 Å². The van der Waals surface area contributed by atoms with Gasteiger partial charge in [0.15, 0.2) is 5.82 Å². The van der Waals surface area contributed by atoms with E-state index in [0.717, 1.165) is 0 Å². The van der Waals surface area contributed by atoms with Gasteiger partial charge in [0.05, 0.1) is 10.7 Å². The Kier molecular flexibility index (Phi) is 3.61. The molecule has 2 rings (SSSR count). The number of benzene rings is 1. The summed E-state index contributed by atoms with van der Waals surface area (Å²) >= 11 is 16.8. The van der Waals surface area contributed by atoms with Crippen LogP contribution in [0.2, 0.25) is 15.6 Å². The molecule has 0 fully saturated rings. The van der Waals surface area contributed by atoms with Crippen molar-refractivity contribution in [2.45, 2.75) is 0 Å². The van der Waals surface area contributed by atoms with E-state index in [1.165, 1.54) is 12.1 Å². The Morgan fingerprint density at radius 3 is 2.29 bits per heavy atom. The van der Waals surface area contributed by atoms with Crippen molar-refractivity contribution in [2.24, 2.45) is 0 Å². The smallest absolute Gasteiger partial charge is 0.232 e. The molecule has 1 heterocycles. The van der Waals surface area contributed by atoms with E-state index < -0.39 is 5.82 Å². The highest BCUT2D eigenvalue weighted by molar-refractivity contribution is 6.31. The Labute approximate surface area is 111 Å². The van der Waals surface area contributed by atoms with Crippen molar-refractivity contribution in [1.29, 1.82) is 0 Å². The molecular formula is C9H4Cl3FN4. The number of rotatable bonds is 2. The topological polar surface area (TPSA) is 50.7 Å². The molecule has 0 saturated carbocycles. The van der Waals surface area contributed by atoms with Gasteiger partial charge < -0.3 is 5.32 Å². The third-order valence-electron chi connectivity index (χ3n) is 1.78. The standard InChI is InChI=1S/C9H4Cl3FN4/c10-4-2-1-3-5(6(4)13)14-9-16-7(11)15-8(12)17-9/h1-3H,(H,14,15,16,17). The van der Waals surface area contributed by atoms with Crippen LogP contribution in [0.4, 0.5) is 16.0 Å². The lowest BCUT2D eigenvalue weighted by Gasteiger charge is -2.06. The van der Waals surface area contributed by atoms with Gasteiger partial charge in [-0.25, -0.2) is 4.39 Å². The van der Waals surface area contributed by atoms with Gasteiger partial charge in [-0.3, -0.25) is 0 Å². The van der Waals surface area contributed by atoms with Gasteiger partial charge in [-0.05, 0) is 35.3 Å². The van der Waals surface area contributed by atoms with Crippen molar-refractivity contribution >= 4 is 46.4 Å². The minimum Gasteiger partial charge on any atom is -0.321 e. The molecule has 0 radical (unpaired) electrons. The van der Waals surface area contributed by atoms with Gasteiger partial charge in [-0.15, -0.1) is 0 Å². The maximum Gasteiger partial charge on any atom is 0.232 e. The number of aromatic nitrogens is 3. The van der Waals surface area contributed by atoms with Crippen molar-refractivity contribution in [3.05, 3.63) is 39.6 Å². The second-order valence-electron chi connectivity index (χ2n) is 2.92. The summed E-state index contributed by atoms with van der Waals surface area (Å²) in [5.74, 6) is -0.571. The summed E-state index contributed by atoms with van der Waals surface area (Å²) < 4.78 is 13.6. The number of nitrogens with one attached hydrogen (secondary N) is 1. The highest BCUT2D eigenvalue weighted by Gasteiger charge is 2.09. The molecular weight excluding hydrogens is 289 g/mol. The van der Waals surface area contributed by atoms with Crippen LogP contribution in [0, 0.1) is 5.82 Å². The summed E-state index contributed by atoms with van der Waals surface area (Å²) in [6.07, 6.45) is 0. The predicted octanol–water partition coefficient (Wildman–Crippen LogP) is 3.71. The second-order valence-corrected chi connectivity index (χ2v) is 4.01. The number of nitrogens with zero attached hydrogens (tertiary/aromatic N) is 3. The number of anilines is 2. The van der Waals surface area contributed by atoms with Crippen LogP contribution in [-0.4, -0.2) is 15.0 Å². The number of hydrogen-bond donors (Lipinski definition) is 1. The van der Waals surface area contributed by atoms with Crippen LogP contribution in [0.5, 0.6) is 0 Å². The summed E-state index contributed by atoms with van der Waals surface area (Å²) in [5, 5.41) is 2.42. The maximum atomic E-state index is 13.6. The third-order valence-corrected chi connectivity index (χ3v) is 2.41. The van der Waals surface area contributed by atoms with Crippen LogP contribution < -0.4 is 5.32 Å². The van der Waals surface area contributed by atoms with Crippen molar-refractivity contribution in [3.8, 4) is 0 Å². The summed E-state index contributed by atoms with van der Waals surface area (Å²) in [7, 11) is 0. The Hall–Kier alpha value is -1.17. The first-order chi connectivity index (χ1) is 8.06. The Morgan fingerprint density at radius 1 is 1.00 bits per heavy atom. The summed E-state index contributed by atoms with van der Waals surface area (Å²) in [6.45, 7) is 0. The molecule has 0 spiro atoms. The fourth-order valence-corrected chi connectivity index (χ4v) is 1.64. The highest BCUT2D eigenvalue weighted by atomic mass is 35.5. The molecule has 88 valence electrons. The Morgan fingerprint density at radius 2 is 1.65 bits per heavy atom. The first-order valence-corrected chi connectivity index (χ1v) is 5.48. The largest absolute Gasteiger partial charge is 0.321 e. The fourth-order valence-electron chi connectivity index (χ4n) is 1.10. The summed E-state index contributed by atoms with van der Waals surface area (Å²) in [4.78, 5) is 11.0. The molecule has 0 atom stereocenters. The van der Waals surface area contributed by atoms with Crippen LogP contribution in [0.3, 0.4) is 0 Å². The van der Waals surface area contributed by atoms with Gasteiger partial charge in [-0.2, -0.15) is 15.0 Å². The van der Waals surface area contributed by atoms with E-state index in [9.17, 15) is 4.39 Å². The Bertz CT molecular complexity index is 544. The van der Waals surface area contributed by atoms with Crippen molar-refractivity contribution < 1.29 is 4.39 Å². The SMILES string of the molecule is Fc1c(Cl)cccc1Nc1nc(Cl)nc(Cl)n1. The lowest BCUT2D eigenvalue weighted by Crippen LogP contribution is -2.01. The van der Waals surface area contributed by atoms with Crippen molar-refractivity contribution in [1.82, 2.24) is 15.0 Å². The molecule has 0 unspecified atom stereocenters. The molecule has 1 N–H and O–H groups in total. The highest BCUT2D eigenvalue weighted by Crippen LogP contribution is 2.24. The molecule has 4 nitrogen and oxygen atoms in total. The maximum absolute atomic E-state index is 13.6. The third kappa shape index (κ3) is 2.94. The molecule has 8 heteroatoms. The van der Waals surface area contributed by atoms with E-state index in [-0.39, 0.29) is 27.2 Å². The van der Waals surface area contributed by atoms with Crippen LogP contribution in [0.1, 0.15) is 0 Å². The normalized spacial score (nSPS) is 10.4. The van der Waals surface area contributed by atoms with Gasteiger partial charge >= 0.3 is 0 Å². The average molecular weight is 294 g/mol. The van der Waals surface area contributed by atoms with Gasteiger partial charge in [0.2, 0.25) is 16.5 Å². The predicted molar refractivity (Wildman–Crippen MR) is 64.5 cm³/mol. The summed E-state index contributed by atoms with van der Waals surface area (Å²) in [5.41, 5.74) is 0.121. The zero-order valence-corrected chi connectivity index (χ0v) is 10.4. The molecule has 0 bridgehead atoms. The monoisotopic (exact) mass is 292 g/mol. The van der Waals surface area contributed by atoms with Crippen LogP contribution in [0.25, 0.3) is 0 Å². The lowest BCUT2D eigenvalue weighted by molar-refractivity contribution is 0.632. The van der Waals surface area contributed by atoms with Crippen molar-refractivity contribution in [2.75, 3.05) is 5.32 Å². The molecule has 0 saturated heterocycles. The molecule has 0 aliphatic carbocycles. The lowest BCUT2D eigenvalue weighted by atomic mass is 10.3. The molecule has 1 aromatic heterocycles. The van der Waals surface area contributed by atoms with Gasteiger partial charge in [0.1, 0.15) is 0 Å². The molecule has 17 heavy (non-hydrogen) atoms.